The van der Waals surface area contributed by atoms with Gasteiger partial charge in [-0.3, -0.25) is 0 Å². The molecule has 0 N–H and O–H groups in total. The molecule has 0 saturated heterocycles. The van der Waals surface area contributed by atoms with Crippen molar-refractivity contribution in [2.45, 2.75) is 0 Å². The summed E-state index contributed by atoms with van der Waals surface area (Å²) in [5, 5.41) is 0. The fraction of sp³-hybridized carbons (Fsp3) is 0.0769. The first-order valence-corrected chi connectivity index (χ1v) is 4.90. The number of anilines is 1. The predicted molar refractivity (Wildman–Crippen MR) is 62.5 cm³/mol. The van der Waals surface area contributed by atoms with Gasteiger partial charge in [-0.15, -0.1) is 0 Å². The van der Waals surface area contributed by atoms with Crippen molar-refractivity contribution in [2.24, 2.45) is 0 Å². The molecule has 0 fully saturated rings. The topological polar surface area (TPSA) is 16.1 Å². The summed E-state index contributed by atoms with van der Waals surface area (Å²) in [6.07, 6.45) is 1.80. The van der Waals surface area contributed by atoms with Crippen LogP contribution in [0.25, 0.3) is 0 Å². The molecule has 1 heterocycles. The van der Waals surface area contributed by atoms with Gasteiger partial charge in [0.25, 0.3) is 0 Å². The molecule has 2 nitrogen and oxygen atoms in total. The molecule has 0 spiro atoms. The van der Waals surface area contributed by atoms with E-state index in [1.54, 1.807) is 6.20 Å². The van der Waals surface area contributed by atoms with Crippen molar-refractivity contribution in [2.75, 3.05) is 11.9 Å². The van der Waals surface area contributed by atoms with Crippen LogP contribution in [0.3, 0.4) is 0 Å². The highest BCUT2D eigenvalue weighted by Gasteiger charge is 2.01. The molecule has 0 atom stereocenters. The van der Waals surface area contributed by atoms with Crippen LogP contribution in [0.1, 0.15) is 5.56 Å². The highest BCUT2D eigenvalue weighted by Crippen LogP contribution is 2.12. The van der Waals surface area contributed by atoms with Gasteiger partial charge in [0.2, 0.25) is 0 Å². The smallest absolute Gasteiger partial charge is 0.128 e. The molecule has 0 aliphatic rings. The molecular formula is C13H13N2. The first-order chi connectivity index (χ1) is 7.36. The van der Waals surface area contributed by atoms with Gasteiger partial charge in [0.1, 0.15) is 5.82 Å². The summed E-state index contributed by atoms with van der Waals surface area (Å²) in [6.45, 7) is 2.06. The van der Waals surface area contributed by atoms with Gasteiger partial charge in [0.05, 0.1) is 6.54 Å². The minimum atomic E-state index is 0.946. The van der Waals surface area contributed by atoms with Crippen molar-refractivity contribution in [3.63, 3.8) is 0 Å². The zero-order valence-electron chi connectivity index (χ0n) is 8.67. The summed E-state index contributed by atoms with van der Waals surface area (Å²) in [5.41, 5.74) is 1.17. The van der Waals surface area contributed by atoms with E-state index in [9.17, 15) is 0 Å². The summed E-state index contributed by atoms with van der Waals surface area (Å²) in [6, 6.07) is 16.1. The van der Waals surface area contributed by atoms with Gasteiger partial charge in [-0.2, -0.15) is 0 Å². The number of hydrogen-bond acceptors (Lipinski definition) is 2. The van der Waals surface area contributed by atoms with Crippen molar-refractivity contribution in [1.82, 2.24) is 4.98 Å². The molecule has 0 unspecified atom stereocenters. The largest absolute Gasteiger partial charge is 0.350 e. The predicted octanol–water partition coefficient (Wildman–Crippen LogP) is 2.73. The average molecular weight is 197 g/mol. The van der Waals surface area contributed by atoms with Crippen LogP contribution in [0.2, 0.25) is 0 Å². The van der Waals surface area contributed by atoms with Gasteiger partial charge in [-0.1, -0.05) is 36.4 Å². The van der Waals surface area contributed by atoms with Gasteiger partial charge in [0.15, 0.2) is 0 Å². The van der Waals surface area contributed by atoms with Gasteiger partial charge in [-0.05, 0) is 17.7 Å². The third-order valence-electron chi connectivity index (χ3n) is 2.15. The minimum absolute atomic E-state index is 0.946. The fourth-order valence-corrected chi connectivity index (χ4v) is 1.39. The summed E-state index contributed by atoms with van der Waals surface area (Å²) >= 11 is 0. The number of rotatable bonds is 3. The van der Waals surface area contributed by atoms with Crippen LogP contribution in [-0.4, -0.2) is 12.0 Å². The molecule has 75 valence electrons. The first-order valence-electron chi connectivity index (χ1n) is 4.90. The second-order valence-electron chi connectivity index (χ2n) is 3.34. The van der Waals surface area contributed by atoms with E-state index in [1.807, 2.05) is 48.3 Å². The maximum atomic E-state index is 4.27. The van der Waals surface area contributed by atoms with Gasteiger partial charge in [0, 0.05) is 13.2 Å². The standard InChI is InChI=1S/C13H13N2/c1-15(13-9-5-6-10-14-13)11-12-7-3-2-4-8-12/h2-11H,1H3. The summed E-state index contributed by atoms with van der Waals surface area (Å²) in [7, 11) is 2.00. The van der Waals surface area contributed by atoms with Crippen molar-refractivity contribution in [3.8, 4) is 0 Å². The molecule has 0 aliphatic carbocycles. The van der Waals surface area contributed by atoms with Crippen LogP contribution in [0.5, 0.6) is 0 Å². The minimum Gasteiger partial charge on any atom is -0.350 e. The van der Waals surface area contributed by atoms with E-state index >= 15 is 0 Å². The van der Waals surface area contributed by atoms with Crippen LogP contribution in [0.4, 0.5) is 5.82 Å². The van der Waals surface area contributed by atoms with Crippen LogP contribution >= 0.6 is 0 Å². The first kappa shape index (κ1) is 9.71. The maximum Gasteiger partial charge on any atom is 0.128 e. The molecule has 0 aliphatic heterocycles. The SMILES string of the molecule is CN([CH]c1ccccc1)c1ccccn1. The van der Waals surface area contributed by atoms with E-state index in [1.165, 1.54) is 5.56 Å². The molecule has 0 bridgehead atoms. The summed E-state index contributed by atoms with van der Waals surface area (Å²) in [4.78, 5) is 6.28. The Morgan fingerprint density at radius 3 is 2.40 bits per heavy atom. The zero-order chi connectivity index (χ0) is 10.5. The third-order valence-corrected chi connectivity index (χ3v) is 2.15. The number of hydrogen-bond donors (Lipinski definition) is 0. The summed E-state index contributed by atoms with van der Waals surface area (Å²) in [5.74, 6) is 0.946. The van der Waals surface area contributed by atoms with Gasteiger partial charge in [-0.25, -0.2) is 4.98 Å². The van der Waals surface area contributed by atoms with E-state index in [-0.39, 0.29) is 0 Å². The number of aromatic nitrogens is 1. The molecule has 0 amide bonds. The molecule has 2 heteroatoms. The third kappa shape index (κ3) is 2.56. The molecule has 2 aromatic rings. The number of pyridine rings is 1. The van der Waals surface area contributed by atoms with Gasteiger partial charge < -0.3 is 4.90 Å². The van der Waals surface area contributed by atoms with Crippen LogP contribution < -0.4 is 4.90 Å². The van der Waals surface area contributed by atoms with Crippen LogP contribution in [0, 0.1) is 6.54 Å². The van der Waals surface area contributed by atoms with E-state index in [0.29, 0.717) is 0 Å². The average Bonchev–Trinajstić information content (AvgIpc) is 2.31. The molecule has 2 rings (SSSR count). The zero-order valence-corrected chi connectivity index (χ0v) is 8.67. The maximum absolute atomic E-state index is 4.27. The number of benzene rings is 1. The second kappa shape index (κ2) is 4.60. The Hall–Kier alpha value is -1.83. The van der Waals surface area contributed by atoms with Gasteiger partial charge >= 0.3 is 0 Å². The van der Waals surface area contributed by atoms with Crippen LogP contribution in [-0.2, 0) is 0 Å². The fourth-order valence-electron chi connectivity index (χ4n) is 1.39. The number of nitrogens with zero attached hydrogens (tertiary/aromatic N) is 2. The lowest BCUT2D eigenvalue weighted by atomic mass is 10.2. The Morgan fingerprint density at radius 2 is 1.73 bits per heavy atom. The van der Waals surface area contributed by atoms with Crippen LogP contribution in [0.15, 0.2) is 54.7 Å². The highest BCUT2D eigenvalue weighted by atomic mass is 15.2. The Balaban J connectivity index is 2.08. The lowest BCUT2D eigenvalue weighted by Gasteiger charge is -2.16. The molecule has 1 aromatic carbocycles. The van der Waals surface area contributed by atoms with E-state index < -0.39 is 0 Å². The Kier molecular flexibility index (Phi) is 2.98. The lowest BCUT2D eigenvalue weighted by molar-refractivity contribution is 1.06. The van der Waals surface area contributed by atoms with E-state index in [4.69, 9.17) is 0 Å². The molecule has 1 radical (unpaired) electrons. The van der Waals surface area contributed by atoms with Crippen molar-refractivity contribution >= 4 is 5.82 Å². The molecule has 0 saturated carbocycles. The Bertz CT molecular complexity index is 397. The van der Waals surface area contributed by atoms with Crippen molar-refractivity contribution in [3.05, 3.63) is 66.8 Å². The second-order valence-corrected chi connectivity index (χ2v) is 3.34. The van der Waals surface area contributed by atoms with E-state index in [2.05, 4.69) is 23.7 Å². The highest BCUT2D eigenvalue weighted by molar-refractivity contribution is 5.43. The monoisotopic (exact) mass is 197 g/mol. The Morgan fingerprint density at radius 1 is 1.00 bits per heavy atom. The van der Waals surface area contributed by atoms with Crippen molar-refractivity contribution in [1.29, 1.82) is 0 Å². The quantitative estimate of drug-likeness (QED) is 0.752. The molecular weight excluding hydrogens is 184 g/mol. The van der Waals surface area contributed by atoms with Crippen molar-refractivity contribution < 1.29 is 0 Å². The lowest BCUT2D eigenvalue weighted by Crippen LogP contribution is -2.14. The molecule has 15 heavy (non-hydrogen) atoms. The van der Waals surface area contributed by atoms with E-state index in [0.717, 1.165) is 5.82 Å². The summed E-state index contributed by atoms with van der Waals surface area (Å²) < 4.78 is 0. The molecule has 1 aromatic heterocycles. The Labute approximate surface area is 90.2 Å². The normalized spacial score (nSPS) is 9.93.